The molecule has 2 rings (SSSR count). The van der Waals surface area contributed by atoms with Crippen LogP contribution in [0.4, 0.5) is 13.2 Å². The molecule has 0 aliphatic rings. The Hall–Kier alpha value is -1.93. The van der Waals surface area contributed by atoms with E-state index >= 15 is 0 Å². The van der Waals surface area contributed by atoms with Crippen LogP contribution in [0.15, 0.2) is 29.4 Å². The van der Waals surface area contributed by atoms with Crippen molar-refractivity contribution in [3.63, 3.8) is 0 Å². The quantitative estimate of drug-likeness (QED) is 0.369. The number of ether oxygens (including phenoxy) is 1. The molecule has 26 heavy (non-hydrogen) atoms. The molecule has 0 atom stereocenters. The van der Waals surface area contributed by atoms with Crippen molar-refractivity contribution in [3.8, 4) is 5.88 Å². The van der Waals surface area contributed by atoms with Crippen molar-refractivity contribution >= 4 is 28.9 Å². The molecular weight excluding hydrogens is 394 g/mol. The molecule has 0 aliphatic heterocycles. The van der Waals surface area contributed by atoms with Gasteiger partial charge in [-0.05, 0) is 24.6 Å². The first-order valence-corrected chi connectivity index (χ1v) is 8.36. The van der Waals surface area contributed by atoms with Gasteiger partial charge in [0.2, 0.25) is 5.88 Å². The van der Waals surface area contributed by atoms with Crippen LogP contribution in [-0.2, 0) is 18.1 Å². The van der Waals surface area contributed by atoms with Gasteiger partial charge in [0.1, 0.15) is 18.9 Å². The minimum absolute atomic E-state index is 0.0643. The molecule has 0 saturated heterocycles. The molecule has 142 valence electrons. The first kappa shape index (κ1) is 20.4. The summed E-state index contributed by atoms with van der Waals surface area (Å²) >= 11 is 12.1. The summed E-state index contributed by atoms with van der Waals surface area (Å²) < 4.78 is 44.6. The standard InChI is InChI=1S/C16H16Cl2F3N3O2/c1-3-6-26-23-13(11-5-4-10(17)7-12(11)18)9-25-15-8-14(16(19,20)21)22-24(15)2/h4-5,7-8H,3,6,9H2,1-2H3/b23-13+. The van der Waals surface area contributed by atoms with Crippen molar-refractivity contribution in [2.24, 2.45) is 12.2 Å². The van der Waals surface area contributed by atoms with Crippen LogP contribution in [0.5, 0.6) is 5.88 Å². The summed E-state index contributed by atoms with van der Waals surface area (Å²) in [5, 5.41) is 8.14. The highest BCUT2D eigenvalue weighted by atomic mass is 35.5. The third-order valence-electron chi connectivity index (χ3n) is 3.20. The summed E-state index contributed by atoms with van der Waals surface area (Å²) in [7, 11) is 1.35. The fourth-order valence-corrected chi connectivity index (χ4v) is 2.48. The molecule has 0 amide bonds. The lowest BCUT2D eigenvalue weighted by molar-refractivity contribution is -0.141. The predicted octanol–water partition coefficient (Wildman–Crippen LogP) is 4.96. The lowest BCUT2D eigenvalue weighted by Gasteiger charge is -2.11. The van der Waals surface area contributed by atoms with E-state index in [9.17, 15) is 13.2 Å². The molecule has 0 spiro atoms. The molecule has 0 saturated carbocycles. The van der Waals surface area contributed by atoms with Crippen molar-refractivity contribution in [3.05, 3.63) is 45.6 Å². The maximum atomic E-state index is 12.7. The van der Waals surface area contributed by atoms with Gasteiger partial charge in [0, 0.05) is 23.7 Å². The second-order valence-electron chi connectivity index (χ2n) is 5.27. The van der Waals surface area contributed by atoms with Crippen molar-refractivity contribution < 1.29 is 22.7 Å². The maximum Gasteiger partial charge on any atom is 0.435 e. The number of benzene rings is 1. The first-order valence-electron chi connectivity index (χ1n) is 7.60. The number of hydrogen-bond acceptors (Lipinski definition) is 4. The van der Waals surface area contributed by atoms with Crippen LogP contribution >= 0.6 is 23.2 Å². The van der Waals surface area contributed by atoms with Crippen molar-refractivity contribution in [1.82, 2.24) is 9.78 Å². The average Bonchev–Trinajstić information content (AvgIpc) is 2.93. The van der Waals surface area contributed by atoms with E-state index in [1.165, 1.54) is 13.1 Å². The molecule has 0 radical (unpaired) electrons. The summed E-state index contributed by atoms with van der Waals surface area (Å²) in [5.41, 5.74) is -0.222. The number of nitrogens with zero attached hydrogens (tertiary/aromatic N) is 3. The minimum atomic E-state index is -4.56. The number of hydrogen-bond donors (Lipinski definition) is 0. The third kappa shape index (κ3) is 5.28. The zero-order valence-corrected chi connectivity index (χ0v) is 15.5. The van der Waals surface area contributed by atoms with Gasteiger partial charge in [0.05, 0.1) is 5.02 Å². The van der Waals surface area contributed by atoms with E-state index in [-0.39, 0.29) is 12.5 Å². The van der Waals surface area contributed by atoms with Gasteiger partial charge in [-0.2, -0.15) is 18.3 Å². The Kier molecular flexibility index (Phi) is 6.77. The lowest BCUT2D eigenvalue weighted by Crippen LogP contribution is -2.15. The zero-order chi connectivity index (χ0) is 19.3. The number of halogens is 5. The SMILES string of the molecule is CCCO/N=C(\COc1cc(C(F)(F)F)nn1C)c1ccc(Cl)cc1Cl. The lowest BCUT2D eigenvalue weighted by atomic mass is 10.1. The van der Waals surface area contributed by atoms with Gasteiger partial charge >= 0.3 is 6.18 Å². The molecule has 0 N–H and O–H groups in total. The molecule has 10 heteroatoms. The molecule has 0 aliphatic carbocycles. The van der Waals surface area contributed by atoms with Crippen molar-refractivity contribution in [2.75, 3.05) is 13.2 Å². The Balaban J connectivity index is 2.22. The van der Waals surface area contributed by atoms with Crippen LogP contribution in [0.2, 0.25) is 10.0 Å². The number of oxime groups is 1. The molecule has 5 nitrogen and oxygen atoms in total. The molecule has 1 aromatic carbocycles. The Morgan fingerprint density at radius 1 is 1.27 bits per heavy atom. The van der Waals surface area contributed by atoms with Gasteiger partial charge in [-0.3, -0.25) is 0 Å². The molecule has 1 heterocycles. The van der Waals surface area contributed by atoms with Crippen LogP contribution in [0, 0.1) is 0 Å². The summed E-state index contributed by atoms with van der Waals surface area (Å²) in [5.74, 6) is -0.0643. The topological polar surface area (TPSA) is 48.6 Å². The van der Waals surface area contributed by atoms with Gasteiger partial charge in [-0.1, -0.05) is 35.3 Å². The summed E-state index contributed by atoms with van der Waals surface area (Å²) in [6.45, 7) is 2.12. The molecule has 2 aromatic rings. The Morgan fingerprint density at radius 2 is 2.00 bits per heavy atom. The summed E-state index contributed by atoms with van der Waals surface area (Å²) in [6.07, 6.45) is -3.82. The normalized spacial score (nSPS) is 12.3. The Bertz CT molecular complexity index is 792. The van der Waals surface area contributed by atoms with Gasteiger partial charge in [-0.15, -0.1) is 0 Å². The predicted molar refractivity (Wildman–Crippen MR) is 92.9 cm³/mol. The van der Waals surface area contributed by atoms with Gasteiger partial charge in [0.25, 0.3) is 0 Å². The van der Waals surface area contributed by atoms with Gasteiger partial charge < -0.3 is 9.57 Å². The smallest absolute Gasteiger partial charge is 0.435 e. The second kappa shape index (κ2) is 8.64. The van der Waals surface area contributed by atoms with E-state index in [0.29, 0.717) is 27.9 Å². The highest BCUT2D eigenvalue weighted by molar-refractivity contribution is 6.37. The molecule has 1 aromatic heterocycles. The monoisotopic (exact) mass is 409 g/mol. The fraction of sp³-hybridized carbons (Fsp3) is 0.375. The van der Waals surface area contributed by atoms with E-state index in [0.717, 1.165) is 17.2 Å². The Labute approximate surface area is 158 Å². The van der Waals surface area contributed by atoms with E-state index in [4.69, 9.17) is 32.8 Å². The summed E-state index contributed by atoms with van der Waals surface area (Å²) in [6, 6.07) is 5.59. The van der Waals surface area contributed by atoms with E-state index in [1.54, 1.807) is 12.1 Å². The summed E-state index contributed by atoms with van der Waals surface area (Å²) in [4.78, 5) is 5.18. The molecule has 0 unspecified atom stereocenters. The van der Waals surface area contributed by atoms with Gasteiger partial charge in [0.15, 0.2) is 5.69 Å². The number of rotatable bonds is 7. The zero-order valence-electron chi connectivity index (χ0n) is 14.0. The molecule has 0 bridgehead atoms. The molecule has 0 fully saturated rings. The van der Waals surface area contributed by atoms with Gasteiger partial charge in [-0.25, -0.2) is 4.68 Å². The van der Waals surface area contributed by atoms with E-state index < -0.39 is 11.9 Å². The van der Waals surface area contributed by atoms with E-state index in [1.807, 2.05) is 6.92 Å². The van der Waals surface area contributed by atoms with Crippen molar-refractivity contribution in [1.29, 1.82) is 0 Å². The molecular formula is C16H16Cl2F3N3O2. The van der Waals surface area contributed by atoms with Crippen LogP contribution in [0.1, 0.15) is 24.6 Å². The maximum absolute atomic E-state index is 12.7. The Morgan fingerprint density at radius 3 is 2.58 bits per heavy atom. The highest BCUT2D eigenvalue weighted by Gasteiger charge is 2.35. The highest BCUT2D eigenvalue weighted by Crippen LogP contribution is 2.30. The number of aromatic nitrogens is 2. The first-order chi connectivity index (χ1) is 12.2. The van der Waals surface area contributed by atoms with E-state index in [2.05, 4.69) is 10.3 Å². The number of alkyl halides is 3. The van der Waals surface area contributed by atoms with Crippen LogP contribution in [0.3, 0.4) is 0 Å². The van der Waals surface area contributed by atoms with Crippen molar-refractivity contribution in [2.45, 2.75) is 19.5 Å². The minimum Gasteiger partial charge on any atom is -0.471 e. The largest absolute Gasteiger partial charge is 0.471 e. The third-order valence-corrected chi connectivity index (χ3v) is 3.74. The van der Waals surface area contributed by atoms with Crippen LogP contribution in [0.25, 0.3) is 0 Å². The average molecular weight is 410 g/mol. The van der Waals surface area contributed by atoms with Crippen LogP contribution < -0.4 is 4.74 Å². The fourth-order valence-electron chi connectivity index (χ4n) is 1.96. The number of aryl methyl sites for hydroxylation is 1. The second-order valence-corrected chi connectivity index (χ2v) is 6.12. The van der Waals surface area contributed by atoms with Crippen LogP contribution in [-0.4, -0.2) is 28.7 Å².